The molecular weight excluding hydrogens is 224 g/mol. The van der Waals surface area contributed by atoms with E-state index in [9.17, 15) is 4.79 Å². The van der Waals surface area contributed by atoms with E-state index in [1.54, 1.807) is 0 Å². The summed E-state index contributed by atoms with van der Waals surface area (Å²) in [4.78, 5) is 11.8. The molecule has 0 aliphatic heterocycles. The van der Waals surface area contributed by atoms with E-state index in [1.807, 2.05) is 0 Å². The molecule has 0 aliphatic carbocycles. The summed E-state index contributed by atoms with van der Waals surface area (Å²) in [6.45, 7) is 14.4. The predicted molar refractivity (Wildman–Crippen MR) is 78.3 cm³/mol. The highest BCUT2D eigenvalue weighted by Crippen LogP contribution is 2.26. The SMILES string of the molecule is CC(CC(=O)NCC(C)(C)CCN)CC(C)(C)C. The number of nitrogens with one attached hydrogen (secondary N) is 1. The van der Waals surface area contributed by atoms with E-state index in [4.69, 9.17) is 5.73 Å². The Morgan fingerprint density at radius 1 is 1.22 bits per heavy atom. The van der Waals surface area contributed by atoms with E-state index in [2.05, 4.69) is 46.9 Å². The van der Waals surface area contributed by atoms with Gasteiger partial charge in [0, 0.05) is 13.0 Å². The van der Waals surface area contributed by atoms with Crippen LogP contribution >= 0.6 is 0 Å². The molecule has 1 atom stereocenters. The first-order chi connectivity index (χ1) is 8.06. The standard InChI is InChI=1S/C15H32N2O/c1-12(10-14(2,3)4)9-13(18)17-11-15(5,6)7-8-16/h12H,7-11,16H2,1-6H3,(H,17,18). The molecule has 1 unspecified atom stereocenters. The van der Waals surface area contributed by atoms with E-state index in [0.29, 0.717) is 30.8 Å². The average Bonchev–Trinajstić information content (AvgIpc) is 2.11. The highest BCUT2D eigenvalue weighted by atomic mass is 16.1. The summed E-state index contributed by atoms with van der Waals surface area (Å²) in [7, 11) is 0. The summed E-state index contributed by atoms with van der Waals surface area (Å²) >= 11 is 0. The molecule has 3 heteroatoms. The number of amides is 1. The highest BCUT2D eigenvalue weighted by molar-refractivity contribution is 5.76. The van der Waals surface area contributed by atoms with Crippen LogP contribution in [0.5, 0.6) is 0 Å². The first kappa shape index (κ1) is 17.4. The largest absolute Gasteiger partial charge is 0.356 e. The Hall–Kier alpha value is -0.570. The topological polar surface area (TPSA) is 55.1 Å². The number of carbonyl (C=O) groups is 1. The minimum Gasteiger partial charge on any atom is -0.356 e. The van der Waals surface area contributed by atoms with Crippen LogP contribution in [0, 0.1) is 16.7 Å². The fourth-order valence-corrected chi connectivity index (χ4v) is 2.32. The zero-order valence-corrected chi connectivity index (χ0v) is 13.1. The molecule has 3 N–H and O–H groups in total. The lowest BCUT2D eigenvalue weighted by atomic mass is 9.84. The number of hydrogen-bond donors (Lipinski definition) is 2. The van der Waals surface area contributed by atoms with Gasteiger partial charge in [-0.05, 0) is 36.1 Å². The Labute approximate surface area is 113 Å². The Kier molecular flexibility index (Phi) is 6.90. The molecule has 3 nitrogen and oxygen atoms in total. The maximum absolute atomic E-state index is 11.8. The molecule has 0 bridgehead atoms. The van der Waals surface area contributed by atoms with Gasteiger partial charge in [0.25, 0.3) is 0 Å². The second-order valence-corrected chi connectivity index (χ2v) is 7.55. The van der Waals surface area contributed by atoms with Crippen LogP contribution < -0.4 is 11.1 Å². The molecule has 0 aliphatic rings. The maximum Gasteiger partial charge on any atom is 0.220 e. The third-order valence-electron chi connectivity index (χ3n) is 3.08. The van der Waals surface area contributed by atoms with Crippen LogP contribution in [0.3, 0.4) is 0 Å². The van der Waals surface area contributed by atoms with E-state index in [-0.39, 0.29) is 11.3 Å². The van der Waals surface area contributed by atoms with E-state index < -0.39 is 0 Å². The maximum atomic E-state index is 11.8. The molecular formula is C15H32N2O. The Morgan fingerprint density at radius 3 is 2.22 bits per heavy atom. The normalized spacial score (nSPS) is 14.4. The van der Waals surface area contributed by atoms with Crippen molar-refractivity contribution in [1.29, 1.82) is 0 Å². The van der Waals surface area contributed by atoms with Gasteiger partial charge in [-0.3, -0.25) is 4.79 Å². The highest BCUT2D eigenvalue weighted by Gasteiger charge is 2.20. The number of rotatable bonds is 7. The minimum absolute atomic E-state index is 0.0949. The van der Waals surface area contributed by atoms with E-state index in [1.165, 1.54) is 0 Å². The van der Waals surface area contributed by atoms with Crippen LogP contribution in [-0.4, -0.2) is 19.0 Å². The van der Waals surface area contributed by atoms with Gasteiger partial charge in [0.2, 0.25) is 5.91 Å². The van der Waals surface area contributed by atoms with Crippen molar-refractivity contribution in [2.75, 3.05) is 13.1 Å². The first-order valence-corrected chi connectivity index (χ1v) is 7.02. The monoisotopic (exact) mass is 256 g/mol. The molecule has 18 heavy (non-hydrogen) atoms. The van der Waals surface area contributed by atoms with Crippen LogP contribution in [0.1, 0.15) is 60.8 Å². The molecule has 0 aromatic carbocycles. The number of nitrogens with two attached hydrogens (primary N) is 1. The smallest absolute Gasteiger partial charge is 0.220 e. The Bertz CT molecular complexity index is 254. The molecule has 108 valence electrons. The summed E-state index contributed by atoms with van der Waals surface area (Å²) in [5.41, 5.74) is 5.94. The summed E-state index contributed by atoms with van der Waals surface area (Å²) in [5, 5.41) is 3.03. The van der Waals surface area contributed by atoms with Crippen molar-refractivity contribution in [3.63, 3.8) is 0 Å². The van der Waals surface area contributed by atoms with Gasteiger partial charge < -0.3 is 11.1 Å². The molecule has 0 heterocycles. The molecule has 0 saturated heterocycles. The second-order valence-electron chi connectivity index (χ2n) is 7.55. The van der Waals surface area contributed by atoms with Crippen molar-refractivity contribution < 1.29 is 4.79 Å². The van der Waals surface area contributed by atoms with Crippen LogP contribution in [0.25, 0.3) is 0 Å². The zero-order chi connectivity index (χ0) is 14.4. The molecule has 0 fully saturated rings. The third kappa shape index (κ3) is 9.46. The van der Waals surface area contributed by atoms with Gasteiger partial charge in [-0.2, -0.15) is 0 Å². The van der Waals surface area contributed by atoms with Crippen molar-refractivity contribution in [3.05, 3.63) is 0 Å². The lowest BCUT2D eigenvalue weighted by molar-refractivity contribution is -0.122. The van der Waals surface area contributed by atoms with Crippen LogP contribution in [0.2, 0.25) is 0 Å². The average molecular weight is 256 g/mol. The lowest BCUT2D eigenvalue weighted by Gasteiger charge is -2.26. The quantitative estimate of drug-likeness (QED) is 0.736. The van der Waals surface area contributed by atoms with Gasteiger partial charge in [0.1, 0.15) is 0 Å². The Balaban J connectivity index is 3.98. The fourth-order valence-electron chi connectivity index (χ4n) is 2.32. The molecule has 1 amide bonds. The number of carbonyl (C=O) groups excluding carboxylic acids is 1. The summed E-state index contributed by atoms with van der Waals surface area (Å²) in [5.74, 6) is 0.597. The van der Waals surface area contributed by atoms with Gasteiger partial charge in [0.15, 0.2) is 0 Å². The van der Waals surface area contributed by atoms with Gasteiger partial charge >= 0.3 is 0 Å². The predicted octanol–water partition coefficient (Wildman–Crippen LogP) is 2.94. The summed E-state index contributed by atoms with van der Waals surface area (Å²) in [6, 6.07) is 0. The molecule has 0 rings (SSSR count). The van der Waals surface area contributed by atoms with Crippen LogP contribution in [0.15, 0.2) is 0 Å². The molecule has 0 aromatic heterocycles. The zero-order valence-electron chi connectivity index (χ0n) is 13.1. The van der Waals surface area contributed by atoms with Crippen molar-refractivity contribution in [3.8, 4) is 0 Å². The van der Waals surface area contributed by atoms with Gasteiger partial charge in [-0.15, -0.1) is 0 Å². The molecule has 0 saturated carbocycles. The van der Waals surface area contributed by atoms with E-state index >= 15 is 0 Å². The molecule has 0 radical (unpaired) electrons. The van der Waals surface area contributed by atoms with Gasteiger partial charge in [0.05, 0.1) is 0 Å². The second kappa shape index (κ2) is 7.13. The molecule has 0 spiro atoms. The lowest BCUT2D eigenvalue weighted by Crippen LogP contribution is -2.36. The first-order valence-electron chi connectivity index (χ1n) is 7.02. The van der Waals surface area contributed by atoms with Crippen molar-refractivity contribution in [2.24, 2.45) is 22.5 Å². The van der Waals surface area contributed by atoms with Gasteiger partial charge in [-0.25, -0.2) is 0 Å². The van der Waals surface area contributed by atoms with Crippen LogP contribution in [0.4, 0.5) is 0 Å². The summed E-state index contributed by atoms with van der Waals surface area (Å²) < 4.78 is 0. The molecule has 0 aromatic rings. The van der Waals surface area contributed by atoms with Gasteiger partial charge in [-0.1, -0.05) is 41.5 Å². The van der Waals surface area contributed by atoms with Crippen molar-refractivity contribution in [1.82, 2.24) is 5.32 Å². The fraction of sp³-hybridized carbons (Fsp3) is 0.933. The van der Waals surface area contributed by atoms with Crippen molar-refractivity contribution in [2.45, 2.75) is 60.8 Å². The van der Waals surface area contributed by atoms with Crippen molar-refractivity contribution >= 4 is 5.91 Å². The third-order valence-corrected chi connectivity index (χ3v) is 3.08. The minimum atomic E-state index is 0.0949. The summed E-state index contributed by atoms with van der Waals surface area (Å²) in [6.07, 6.45) is 2.63. The van der Waals surface area contributed by atoms with E-state index in [0.717, 1.165) is 12.8 Å². The number of hydrogen-bond acceptors (Lipinski definition) is 2. The van der Waals surface area contributed by atoms with Crippen LogP contribution in [-0.2, 0) is 4.79 Å². The Morgan fingerprint density at radius 2 is 1.78 bits per heavy atom.